The number of pyridine rings is 1. The Labute approximate surface area is 137 Å². The van der Waals surface area contributed by atoms with Crippen LogP contribution in [0.1, 0.15) is 0 Å². The molecule has 2 aromatic heterocycles. The van der Waals surface area contributed by atoms with Gasteiger partial charge >= 0.3 is 0 Å². The Morgan fingerprint density at radius 2 is 1.82 bits per heavy atom. The molecule has 3 N–H and O–H groups in total. The fourth-order valence-electron chi connectivity index (χ4n) is 1.73. The van der Waals surface area contributed by atoms with E-state index < -0.39 is 0 Å². The van der Waals surface area contributed by atoms with Crippen LogP contribution in [0.15, 0.2) is 64.9 Å². The van der Waals surface area contributed by atoms with Gasteiger partial charge in [-0.2, -0.15) is 0 Å². The number of aromatic nitrogens is 3. The summed E-state index contributed by atoms with van der Waals surface area (Å²) in [6.45, 7) is 0. The van der Waals surface area contributed by atoms with Crippen LogP contribution < -0.4 is 11.1 Å². The molecule has 0 unspecified atom stereocenters. The SMILES string of the molecule is Nc1c(Nc2ccccn2)ncnc1Sc1ccc(Cl)cc1. The zero-order chi connectivity index (χ0) is 15.4. The number of halogens is 1. The number of hydrogen-bond donors (Lipinski definition) is 2. The number of rotatable bonds is 4. The van der Waals surface area contributed by atoms with E-state index in [9.17, 15) is 0 Å². The van der Waals surface area contributed by atoms with Gasteiger partial charge in [-0.05, 0) is 36.4 Å². The van der Waals surface area contributed by atoms with Crippen LogP contribution in [0.4, 0.5) is 17.3 Å². The molecule has 22 heavy (non-hydrogen) atoms. The second-order valence-corrected chi connectivity index (χ2v) is 5.84. The molecule has 0 aliphatic rings. The van der Waals surface area contributed by atoms with Crippen molar-refractivity contribution in [2.75, 3.05) is 11.1 Å². The first-order chi connectivity index (χ1) is 10.7. The van der Waals surface area contributed by atoms with Crippen LogP contribution in [0.2, 0.25) is 5.02 Å². The van der Waals surface area contributed by atoms with Crippen molar-refractivity contribution in [2.24, 2.45) is 0 Å². The van der Waals surface area contributed by atoms with Gasteiger partial charge in [-0.3, -0.25) is 0 Å². The van der Waals surface area contributed by atoms with Gasteiger partial charge < -0.3 is 11.1 Å². The monoisotopic (exact) mass is 329 g/mol. The van der Waals surface area contributed by atoms with Crippen molar-refractivity contribution >= 4 is 40.7 Å². The van der Waals surface area contributed by atoms with Crippen molar-refractivity contribution in [1.82, 2.24) is 15.0 Å². The summed E-state index contributed by atoms with van der Waals surface area (Å²) in [4.78, 5) is 13.6. The molecule has 0 aliphatic carbocycles. The van der Waals surface area contributed by atoms with E-state index in [0.29, 0.717) is 27.4 Å². The van der Waals surface area contributed by atoms with Crippen LogP contribution in [0.5, 0.6) is 0 Å². The predicted molar refractivity (Wildman–Crippen MR) is 89.5 cm³/mol. The maximum absolute atomic E-state index is 6.15. The third-order valence-electron chi connectivity index (χ3n) is 2.79. The van der Waals surface area contributed by atoms with Crippen molar-refractivity contribution in [3.05, 3.63) is 60.0 Å². The standard InChI is InChI=1S/C15H12ClN5S/c16-10-4-6-11(7-5-10)22-15-13(17)14(19-9-20-15)21-12-3-1-2-8-18-12/h1-9H,17H2,(H,18,19,20,21). The van der Waals surface area contributed by atoms with Crippen LogP contribution in [0.25, 0.3) is 0 Å². The number of nitrogen functional groups attached to an aromatic ring is 1. The molecule has 3 aromatic rings. The number of nitrogens with zero attached hydrogens (tertiary/aromatic N) is 3. The summed E-state index contributed by atoms with van der Waals surface area (Å²) in [5.41, 5.74) is 6.63. The van der Waals surface area contributed by atoms with Crippen LogP contribution in [0, 0.1) is 0 Å². The summed E-state index contributed by atoms with van der Waals surface area (Å²) in [6, 6.07) is 13.1. The lowest BCUT2D eigenvalue weighted by molar-refractivity contribution is 1.06. The molecular formula is C15H12ClN5S. The summed E-state index contributed by atoms with van der Waals surface area (Å²) in [5.74, 6) is 1.21. The third kappa shape index (κ3) is 3.47. The van der Waals surface area contributed by atoms with Gasteiger partial charge in [0.1, 0.15) is 22.9 Å². The summed E-state index contributed by atoms with van der Waals surface area (Å²) < 4.78 is 0. The van der Waals surface area contributed by atoms with Crippen molar-refractivity contribution in [3.8, 4) is 0 Å². The van der Waals surface area contributed by atoms with Gasteiger partial charge in [-0.1, -0.05) is 29.4 Å². The quantitative estimate of drug-likeness (QED) is 0.704. The van der Waals surface area contributed by atoms with E-state index >= 15 is 0 Å². The number of nitrogens with one attached hydrogen (secondary N) is 1. The van der Waals surface area contributed by atoms with Gasteiger partial charge in [0.2, 0.25) is 0 Å². The molecule has 2 heterocycles. The molecule has 110 valence electrons. The molecule has 0 spiro atoms. The zero-order valence-electron chi connectivity index (χ0n) is 11.4. The highest BCUT2D eigenvalue weighted by Crippen LogP contribution is 2.34. The molecule has 0 aliphatic heterocycles. The van der Waals surface area contributed by atoms with Crippen LogP contribution in [-0.4, -0.2) is 15.0 Å². The molecule has 0 fully saturated rings. The largest absolute Gasteiger partial charge is 0.394 e. The van der Waals surface area contributed by atoms with Crippen LogP contribution >= 0.6 is 23.4 Å². The van der Waals surface area contributed by atoms with Crippen molar-refractivity contribution in [1.29, 1.82) is 0 Å². The normalized spacial score (nSPS) is 10.4. The molecular weight excluding hydrogens is 318 g/mol. The Kier molecular flexibility index (Phi) is 4.41. The fourth-order valence-corrected chi connectivity index (χ4v) is 2.66. The van der Waals surface area contributed by atoms with Gasteiger partial charge in [-0.25, -0.2) is 15.0 Å². The van der Waals surface area contributed by atoms with E-state index in [2.05, 4.69) is 20.3 Å². The minimum Gasteiger partial charge on any atom is -0.394 e. The zero-order valence-corrected chi connectivity index (χ0v) is 13.0. The van der Waals surface area contributed by atoms with E-state index in [0.717, 1.165) is 4.90 Å². The third-order valence-corrected chi connectivity index (χ3v) is 4.07. The number of anilines is 3. The van der Waals surface area contributed by atoms with Gasteiger partial charge in [0.15, 0.2) is 5.82 Å². The second-order valence-electron chi connectivity index (χ2n) is 4.34. The van der Waals surface area contributed by atoms with Crippen LogP contribution in [0.3, 0.4) is 0 Å². The Morgan fingerprint density at radius 3 is 2.55 bits per heavy atom. The maximum Gasteiger partial charge on any atom is 0.159 e. The number of benzene rings is 1. The Bertz CT molecular complexity index is 765. The van der Waals surface area contributed by atoms with Gasteiger partial charge in [0, 0.05) is 16.1 Å². The van der Waals surface area contributed by atoms with Crippen molar-refractivity contribution in [2.45, 2.75) is 9.92 Å². The first-order valence-corrected chi connectivity index (χ1v) is 7.64. The lowest BCUT2D eigenvalue weighted by Gasteiger charge is -2.10. The van der Waals surface area contributed by atoms with E-state index in [1.165, 1.54) is 18.1 Å². The lowest BCUT2D eigenvalue weighted by atomic mass is 10.4. The number of nitrogens with two attached hydrogens (primary N) is 1. The van der Waals surface area contributed by atoms with E-state index in [1.54, 1.807) is 6.20 Å². The Balaban J connectivity index is 1.84. The number of hydrogen-bond acceptors (Lipinski definition) is 6. The molecule has 0 bridgehead atoms. The molecule has 7 heteroatoms. The summed E-state index contributed by atoms with van der Waals surface area (Å²) in [5, 5.41) is 4.45. The van der Waals surface area contributed by atoms with Crippen molar-refractivity contribution < 1.29 is 0 Å². The van der Waals surface area contributed by atoms with E-state index in [4.69, 9.17) is 17.3 Å². The first kappa shape index (κ1) is 14.6. The molecule has 0 radical (unpaired) electrons. The molecule has 5 nitrogen and oxygen atoms in total. The van der Waals surface area contributed by atoms with Crippen LogP contribution in [-0.2, 0) is 0 Å². The van der Waals surface area contributed by atoms with Crippen molar-refractivity contribution in [3.63, 3.8) is 0 Å². The molecule has 1 aromatic carbocycles. The highest BCUT2D eigenvalue weighted by molar-refractivity contribution is 7.99. The summed E-state index contributed by atoms with van der Waals surface area (Å²) >= 11 is 7.34. The van der Waals surface area contributed by atoms with Gasteiger partial charge in [-0.15, -0.1) is 0 Å². The molecule has 0 saturated heterocycles. The molecule has 0 saturated carbocycles. The van der Waals surface area contributed by atoms with Gasteiger partial charge in [0.05, 0.1) is 0 Å². The van der Waals surface area contributed by atoms with Gasteiger partial charge in [0.25, 0.3) is 0 Å². The van der Waals surface area contributed by atoms with E-state index in [1.807, 2.05) is 42.5 Å². The summed E-state index contributed by atoms with van der Waals surface area (Å²) in [6.07, 6.45) is 3.17. The molecule has 0 amide bonds. The minimum absolute atomic E-state index is 0.480. The highest BCUT2D eigenvalue weighted by Gasteiger charge is 2.10. The maximum atomic E-state index is 6.15. The summed E-state index contributed by atoms with van der Waals surface area (Å²) in [7, 11) is 0. The topological polar surface area (TPSA) is 76.7 Å². The Hall–Kier alpha value is -2.31. The average Bonchev–Trinajstić information content (AvgIpc) is 2.54. The minimum atomic E-state index is 0.480. The lowest BCUT2D eigenvalue weighted by Crippen LogP contribution is -2.03. The smallest absolute Gasteiger partial charge is 0.159 e. The average molecular weight is 330 g/mol. The highest BCUT2D eigenvalue weighted by atomic mass is 35.5. The molecule has 3 rings (SSSR count). The predicted octanol–water partition coefficient (Wildman–Crippen LogP) is 4.00. The Morgan fingerprint density at radius 1 is 1.00 bits per heavy atom. The molecule has 0 atom stereocenters. The second kappa shape index (κ2) is 6.64. The first-order valence-electron chi connectivity index (χ1n) is 6.44. The van der Waals surface area contributed by atoms with E-state index in [-0.39, 0.29) is 0 Å². The fraction of sp³-hybridized carbons (Fsp3) is 0.